The maximum absolute atomic E-state index is 14.3. The Labute approximate surface area is 182 Å². The van der Waals surface area contributed by atoms with Crippen LogP contribution in [0.15, 0.2) is 103 Å². The van der Waals surface area contributed by atoms with Crippen LogP contribution in [0.5, 0.6) is 5.75 Å². The smallest absolute Gasteiger partial charge is 0.420 e. The molecular formula is C25H24NO4P. The van der Waals surface area contributed by atoms with E-state index in [-0.39, 0.29) is 5.88 Å². The van der Waals surface area contributed by atoms with Crippen molar-refractivity contribution in [3.05, 3.63) is 103 Å². The molecule has 4 rings (SSSR count). The van der Waals surface area contributed by atoms with Crippen molar-refractivity contribution in [1.29, 1.82) is 0 Å². The van der Waals surface area contributed by atoms with Crippen molar-refractivity contribution in [2.45, 2.75) is 19.3 Å². The SMILES string of the molecule is O=C(Oc1ccccc1)N1CCCCC=C1OP(=O)(c1ccccc1)c1ccccc1. The van der Waals surface area contributed by atoms with Crippen molar-refractivity contribution >= 4 is 24.1 Å². The van der Waals surface area contributed by atoms with Crippen molar-refractivity contribution in [1.82, 2.24) is 4.90 Å². The van der Waals surface area contributed by atoms with Crippen LogP contribution in [0.4, 0.5) is 4.79 Å². The summed E-state index contributed by atoms with van der Waals surface area (Å²) in [6.45, 7) is 0.432. The highest BCUT2D eigenvalue weighted by Crippen LogP contribution is 2.47. The van der Waals surface area contributed by atoms with Crippen molar-refractivity contribution < 1.29 is 18.6 Å². The minimum absolute atomic E-state index is 0.273. The van der Waals surface area contributed by atoms with Gasteiger partial charge in [-0.1, -0.05) is 54.6 Å². The molecule has 0 radical (unpaired) electrons. The van der Waals surface area contributed by atoms with Crippen molar-refractivity contribution in [2.24, 2.45) is 0 Å². The number of allylic oxidation sites excluding steroid dienone is 1. The number of ether oxygens (including phenoxy) is 1. The molecule has 0 spiro atoms. The second-order valence-electron chi connectivity index (χ2n) is 7.18. The summed E-state index contributed by atoms with van der Waals surface area (Å²) in [5.41, 5.74) is 0. The Kier molecular flexibility index (Phi) is 6.54. The first-order valence-corrected chi connectivity index (χ1v) is 11.9. The maximum Gasteiger partial charge on any atom is 0.422 e. The lowest BCUT2D eigenvalue weighted by Gasteiger charge is -2.28. The Morgan fingerprint density at radius 3 is 1.90 bits per heavy atom. The molecule has 31 heavy (non-hydrogen) atoms. The number of amides is 1. The first-order chi connectivity index (χ1) is 15.2. The van der Waals surface area contributed by atoms with Gasteiger partial charge in [0.25, 0.3) is 0 Å². The fourth-order valence-electron chi connectivity index (χ4n) is 3.41. The Morgan fingerprint density at radius 2 is 1.32 bits per heavy atom. The van der Waals surface area contributed by atoms with Gasteiger partial charge in [-0.2, -0.15) is 0 Å². The molecule has 0 unspecified atom stereocenters. The molecule has 0 bridgehead atoms. The molecule has 3 aromatic rings. The van der Waals surface area contributed by atoms with Crippen molar-refractivity contribution in [3.8, 4) is 5.75 Å². The van der Waals surface area contributed by atoms with Gasteiger partial charge in [0.2, 0.25) is 5.88 Å². The van der Waals surface area contributed by atoms with Crippen LogP contribution in [0, 0.1) is 0 Å². The van der Waals surface area contributed by atoms with Crippen LogP contribution in [0.2, 0.25) is 0 Å². The van der Waals surface area contributed by atoms with Gasteiger partial charge in [0, 0.05) is 6.54 Å². The van der Waals surface area contributed by atoms with E-state index in [0.717, 1.165) is 19.3 Å². The number of hydrogen-bond acceptors (Lipinski definition) is 4. The lowest BCUT2D eigenvalue weighted by Crippen LogP contribution is -2.35. The standard InChI is InChI=1S/C25H24NO4P/c27-25(29-21-13-5-1-6-14-21)26-20-12-4-11-19-24(26)30-31(28,22-15-7-2-8-16-22)23-17-9-3-10-18-23/h1-3,5-10,13-19H,4,11-12,20H2. The van der Waals surface area contributed by atoms with Crippen LogP contribution in [0.1, 0.15) is 19.3 Å². The molecule has 0 N–H and O–H groups in total. The molecule has 0 atom stereocenters. The molecule has 158 valence electrons. The Bertz CT molecular complexity index is 1040. The van der Waals surface area contributed by atoms with Crippen LogP contribution < -0.4 is 15.3 Å². The highest BCUT2D eigenvalue weighted by Gasteiger charge is 2.34. The van der Waals surface area contributed by atoms with Crippen LogP contribution in [-0.4, -0.2) is 17.5 Å². The summed E-state index contributed by atoms with van der Waals surface area (Å²) in [5, 5.41) is 1.14. The van der Waals surface area contributed by atoms with E-state index in [1.807, 2.05) is 48.5 Å². The second kappa shape index (κ2) is 9.67. The van der Waals surface area contributed by atoms with Gasteiger partial charge < -0.3 is 9.26 Å². The van der Waals surface area contributed by atoms with Gasteiger partial charge in [0.05, 0.1) is 10.6 Å². The van der Waals surface area contributed by atoms with Crippen LogP contribution in [0.3, 0.4) is 0 Å². The van der Waals surface area contributed by atoms with Crippen LogP contribution >= 0.6 is 7.37 Å². The first-order valence-electron chi connectivity index (χ1n) is 10.3. The van der Waals surface area contributed by atoms with E-state index in [2.05, 4.69) is 0 Å². The number of benzene rings is 3. The van der Waals surface area contributed by atoms with E-state index in [0.29, 0.717) is 22.9 Å². The minimum atomic E-state index is -3.49. The van der Waals surface area contributed by atoms with Crippen LogP contribution in [-0.2, 0) is 9.09 Å². The van der Waals surface area contributed by atoms with Crippen molar-refractivity contribution in [2.75, 3.05) is 6.54 Å². The Hall–Kier alpha value is -3.30. The molecule has 0 aliphatic carbocycles. The second-order valence-corrected chi connectivity index (χ2v) is 9.50. The molecule has 6 heteroatoms. The van der Waals surface area contributed by atoms with E-state index < -0.39 is 13.5 Å². The van der Waals surface area contributed by atoms with Gasteiger partial charge in [-0.15, -0.1) is 0 Å². The van der Waals surface area contributed by atoms with Gasteiger partial charge in [-0.3, -0.25) is 4.57 Å². The monoisotopic (exact) mass is 433 g/mol. The summed E-state index contributed by atoms with van der Waals surface area (Å²) in [7, 11) is -3.49. The Balaban J connectivity index is 1.68. The minimum Gasteiger partial charge on any atom is -0.420 e. The zero-order chi connectivity index (χ0) is 21.5. The molecule has 0 saturated carbocycles. The predicted molar refractivity (Wildman–Crippen MR) is 122 cm³/mol. The summed E-state index contributed by atoms with van der Waals surface area (Å²) in [6, 6.07) is 27.1. The fourth-order valence-corrected chi connectivity index (χ4v) is 5.48. The number of carbonyl (C=O) groups is 1. The molecule has 1 aliphatic heterocycles. The maximum atomic E-state index is 14.3. The third-order valence-corrected chi connectivity index (χ3v) is 7.40. The molecule has 0 aromatic heterocycles. The average molecular weight is 433 g/mol. The third-order valence-electron chi connectivity index (χ3n) is 5.00. The van der Waals surface area contributed by atoms with Gasteiger partial charge in [0.1, 0.15) is 5.75 Å². The number of carbonyl (C=O) groups excluding carboxylic acids is 1. The molecular weight excluding hydrogens is 409 g/mol. The van der Waals surface area contributed by atoms with Crippen molar-refractivity contribution in [3.63, 3.8) is 0 Å². The topological polar surface area (TPSA) is 55.8 Å². The van der Waals surface area contributed by atoms with Gasteiger partial charge in [0.15, 0.2) is 0 Å². The summed E-state index contributed by atoms with van der Waals surface area (Å²) in [5.74, 6) is 0.722. The number of nitrogens with zero attached hydrogens (tertiary/aromatic N) is 1. The van der Waals surface area contributed by atoms with E-state index in [1.54, 1.807) is 48.5 Å². The molecule has 1 heterocycles. The van der Waals surface area contributed by atoms with E-state index >= 15 is 0 Å². The summed E-state index contributed by atoms with van der Waals surface area (Å²) in [4.78, 5) is 14.4. The highest BCUT2D eigenvalue weighted by atomic mass is 31.2. The van der Waals surface area contributed by atoms with E-state index in [9.17, 15) is 9.36 Å². The molecule has 5 nitrogen and oxygen atoms in total. The van der Waals surface area contributed by atoms with E-state index in [4.69, 9.17) is 9.26 Å². The zero-order valence-electron chi connectivity index (χ0n) is 17.1. The van der Waals surface area contributed by atoms with Crippen LogP contribution in [0.25, 0.3) is 0 Å². The third kappa shape index (κ3) is 4.89. The Morgan fingerprint density at radius 1 is 0.774 bits per heavy atom. The molecule has 3 aromatic carbocycles. The molecule has 0 saturated heterocycles. The van der Waals surface area contributed by atoms with Gasteiger partial charge >= 0.3 is 13.5 Å². The summed E-state index contributed by atoms with van der Waals surface area (Å²) in [6.07, 6.45) is 3.72. The first kappa shape index (κ1) is 21.0. The predicted octanol–water partition coefficient (Wildman–Crippen LogP) is 5.46. The van der Waals surface area contributed by atoms with Gasteiger partial charge in [-0.05, 0) is 61.7 Å². The largest absolute Gasteiger partial charge is 0.422 e. The van der Waals surface area contributed by atoms with E-state index in [1.165, 1.54) is 4.90 Å². The lowest BCUT2D eigenvalue weighted by atomic mass is 10.2. The molecule has 1 aliphatic rings. The average Bonchev–Trinajstić information content (AvgIpc) is 3.06. The summed E-state index contributed by atoms with van der Waals surface area (Å²) >= 11 is 0. The molecule has 1 amide bonds. The quantitative estimate of drug-likeness (QED) is 0.502. The fraction of sp³-hybridized carbons (Fsp3) is 0.160. The zero-order valence-corrected chi connectivity index (χ0v) is 18.0. The highest BCUT2D eigenvalue weighted by molar-refractivity contribution is 7.74. The normalized spacial score (nSPS) is 14.3. The number of para-hydroxylation sites is 1. The van der Waals surface area contributed by atoms with Gasteiger partial charge in [-0.25, -0.2) is 9.69 Å². The summed E-state index contributed by atoms with van der Waals surface area (Å²) < 4.78 is 26.1. The lowest BCUT2D eigenvalue weighted by molar-refractivity contribution is 0.146. The number of rotatable bonds is 5. The molecule has 0 fully saturated rings. The number of hydrogen-bond donors (Lipinski definition) is 0.